The van der Waals surface area contributed by atoms with Gasteiger partial charge in [0, 0.05) is 37.1 Å². The van der Waals surface area contributed by atoms with Crippen molar-refractivity contribution in [1.29, 1.82) is 0 Å². The van der Waals surface area contributed by atoms with E-state index < -0.39 is 32.2 Å². The first-order chi connectivity index (χ1) is 15.2. The van der Waals surface area contributed by atoms with Crippen LogP contribution in [-0.4, -0.2) is 47.6 Å². The molecular weight excluding hydrogens is 433 g/mol. The number of aromatic nitrogens is 2. The van der Waals surface area contributed by atoms with Crippen LogP contribution in [-0.2, 0) is 16.4 Å². The van der Waals surface area contributed by atoms with Crippen molar-refractivity contribution in [3.8, 4) is 0 Å². The average Bonchev–Trinajstić information content (AvgIpc) is 2.92. The van der Waals surface area contributed by atoms with Crippen LogP contribution in [0.4, 0.5) is 4.39 Å². The molecule has 0 bridgehead atoms. The zero-order chi connectivity index (χ0) is 23.0. The fourth-order valence-electron chi connectivity index (χ4n) is 4.16. The van der Waals surface area contributed by atoms with Crippen molar-refractivity contribution in [2.75, 3.05) is 18.8 Å². The van der Waals surface area contributed by atoms with Gasteiger partial charge in [-0.25, -0.2) is 17.8 Å². The number of hydrogen-bond donors (Lipinski definition) is 0. The Kier molecular flexibility index (Phi) is 5.85. The maximum atomic E-state index is 14.3. The Morgan fingerprint density at radius 3 is 2.66 bits per heavy atom. The van der Waals surface area contributed by atoms with E-state index in [4.69, 9.17) is 0 Å². The van der Waals surface area contributed by atoms with Gasteiger partial charge in [-0.1, -0.05) is 18.2 Å². The topological polar surface area (TPSA) is 89.3 Å². The first kappa shape index (κ1) is 22.1. The number of halogens is 1. The minimum Gasteiger partial charge on any atom is -0.337 e. The fourth-order valence-corrected chi connectivity index (χ4v) is 5.96. The summed E-state index contributed by atoms with van der Waals surface area (Å²) in [5, 5.41) is -0.687. The maximum Gasteiger partial charge on any atom is 0.259 e. The summed E-state index contributed by atoms with van der Waals surface area (Å²) in [5.74, 6) is -1.40. The second-order valence-electron chi connectivity index (χ2n) is 7.94. The first-order valence-corrected chi connectivity index (χ1v) is 12.2. The molecule has 9 heteroatoms. The van der Waals surface area contributed by atoms with E-state index in [0.717, 1.165) is 5.69 Å². The monoisotopic (exact) mass is 457 g/mol. The predicted molar refractivity (Wildman–Crippen MR) is 120 cm³/mol. The van der Waals surface area contributed by atoms with Crippen molar-refractivity contribution >= 4 is 26.8 Å². The van der Waals surface area contributed by atoms with Crippen molar-refractivity contribution in [2.24, 2.45) is 0 Å². The Morgan fingerprint density at radius 1 is 1.19 bits per heavy atom. The number of sulfone groups is 1. The molecule has 3 aromatic rings. The lowest BCUT2D eigenvalue weighted by molar-refractivity contribution is 0.0764. The number of nitrogens with zero attached hydrogens (tertiary/aromatic N) is 3. The molecule has 0 aliphatic carbocycles. The first-order valence-electron chi connectivity index (χ1n) is 10.5. The lowest BCUT2D eigenvalue weighted by Gasteiger charge is -2.21. The van der Waals surface area contributed by atoms with Gasteiger partial charge in [0.05, 0.1) is 16.4 Å². The van der Waals surface area contributed by atoms with Crippen molar-refractivity contribution in [3.05, 3.63) is 75.5 Å². The van der Waals surface area contributed by atoms with E-state index >= 15 is 0 Å². The highest BCUT2D eigenvalue weighted by atomic mass is 32.2. The van der Waals surface area contributed by atoms with Gasteiger partial charge >= 0.3 is 0 Å². The van der Waals surface area contributed by atoms with Crippen LogP contribution in [0.25, 0.3) is 11.0 Å². The van der Waals surface area contributed by atoms with Gasteiger partial charge in [-0.3, -0.25) is 9.59 Å². The molecule has 32 heavy (non-hydrogen) atoms. The molecule has 0 radical (unpaired) electrons. The van der Waals surface area contributed by atoms with Crippen LogP contribution >= 0.6 is 0 Å². The number of amides is 1. The van der Waals surface area contributed by atoms with Crippen LogP contribution in [0.5, 0.6) is 0 Å². The number of pyridine rings is 2. The van der Waals surface area contributed by atoms with Gasteiger partial charge in [0.15, 0.2) is 9.84 Å². The average molecular weight is 458 g/mol. The third kappa shape index (κ3) is 3.92. The Hall–Kier alpha value is -3.07. The van der Waals surface area contributed by atoms with Crippen LogP contribution in [0.2, 0.25) is 0 Å². The zero-order valence-corrected chi connectivity index (χ0v) is 18.7. The molecule has 0 spiro atoms. The number of rotatable bonds is 3. The fraction of sp³-hybridized carbons (Fsp3) is 0.348. The summed E-state index contributed by atoms with van der Waals surface area (Å²) in [6, 6.07) is 9.18. The van der Waals surface area contributed by atoms with Gasteiger partial charge < -0.3 is 9.47 Å². The highest BCUT2D eigenvalue weighted by Crippen LogP contribution is 2.31. The molecule has 0 saturated carbocycles. The minimum atomic E-state index is -3.67. The normalized spacial score (nSPS) is 18.5. The van der Waals surface area contributed by atoms with Gasteiger partial charge in [-0.05, 0) is 38.5 Å². The molecule has 0 N–H and O–H groups in total. The molecule has 1 unspecified atom stereocenters. The summed E-state index contributed by atoms with van der Waals surface area (Å²) in [7, 11) is -3.67. The quantitative estimate of drug-likeness (QED) is 0.603. The third-order valence-electron chi connectivity index (χ3n) is 5.91. The van der Waals surface area contributed by atoms with Crippen LogP contribution in [0.3, 0.4) is 0 Å². The van der Waals surface area contributed by atoms with Gasteiger partial charge in [0.1, 0.15) is 17.0 Å². The summed E-state index contributed by atoms with van der Waals surface area (Å²) < 4.78 is 41.7. The Labute approximate surface area is 185 Å². The van der Waals surface area contributed by atoms with E-state index in [1.165, 1.54) is 29.3 Å². The van der Waals surface area contributed by atoms with Crippen molar-refractivity contribution in [3.63, 3.8) is 0 Å². The van der Waals surface area contributed by atoms with Gasteiger partial charge in [0.2, 0.25) is 5.43 Å². The van der Waals surface area contributed by atoms with Crippen molar-refractivity contribution in [2.45, 2.75) is 32.1 Å². The van der Waals surface area contributed by atoms with E-state index in [1.54, 1.807) is 22.8 Å². The highest BCUT2D eigenvalue weighted by Gasteiger charge is 2.35. The van der Waals surface area contributed by atoms with Crippen molar-refractivity contribution in [1.82, 2.24) is 14.5 Å². The van der Waals surface area contributed by atoms with E-state index in [1.807, 2.05) is 13.8 Å². The molecule has 2 aromatic heterocycles. The molecule has 1 aliphatic rings. The number of benzene rings is 1. The number of carbonyl (C=O) groups excluding carboxylic acids is 1. The van der Waals surface area contributed by atoms with E-state index in [2.05, 4.69) is 4.98 Å². The molecular formula is C23H24FN3O4S. The molecule has 1 atom stereocenters. The second kappa shape index (κ2) is 8.46. The zero-order valence-electron chi connectivity index (χ0n) is 17.9. The van der Waals surface area contributed by atoms with E-state index in [-0.39, 0.29) is 36.4 Å². The molecule has 1 amide bonds. The number of carbonyl (C=O) groups is 1. The predicted octanol–water partition coefficient (Wildman–Crippen LogP) is 2.87. The minimum absolute atomic E-state index is 0.0215. The van der Waals surface area contributed by atoms with Crippen LogP contribution in [0.1, 0.15) is 40.2 Å². The Bertz CT molecular complexity index is 1370. The molecule has 4 rings (SSSR count). The maximum absolute atomic E-state index is 14.3. The lowest BCUT2D eigenvalue weighted by Crippen LogP contribution is -2.37. The molecule has 1 aliphatic heterocycles. The van der Waals surface area contributed by atoms with Crippen LogP contribution < -0.4 is 5.43 Å². The van der Waals surface area contributed by atoms with Gasteiger partial charge in [-0.15, -0.1) is 0 Å². The molecule has 1 aromatic carbocycles. The van der Waals surface area contributed by atoms with Gasteiger partial charge in [-0.2, -0.15) is 0 Å². The summed E-state index contributed by atoms with van der Waals surface area (Å²) in [6.45, 7) is 4.28. The summed E-state index contributed by atoms with van der Waals surface area (Å²) in [6.07, 6.45) is 1.55. The van der Waals surface area contributed by atoms with Crippen LogP contribution in [0.15, 0.2) is 47.4 Å². The SMILES string of the molecule is CCn1cc(C(=O)N2CCC(c3ccccc3F)S(=O)(=O)CC2)c(=O)c2ccc(C)nc21. The summed E-state index contributed by atoms with van der Waals surface area (Å²) >= 11 is 0. The molecule has 1 fully saturated rings. The standard InChI is InChI=1S/C23H24FN3O4S/c1-3-26-14-18(21(28)17-9-8-15(2)25-22(17)26)23(29)27-11-10-20(32(30,31)13-12-27)16-6-4-5-7-19(16)24/h4-9,14,20H,3,10-13H2,1-2H3. The van der Waals surface area contributed by atoms with Gasteiger partial charge in [0.25, 0.3) is 5.91 Å². The third-order valence-corrected chi connectivity index (χ3v) is 8.02. The Morgan fingerprint density at radius 2 is 1.94 bits per heavy atom. The summed E-state index contributed by atoms with van der Waals surface area (Å²) in [4.78, 5) is 32.2. The second-order valence-corrected chi connectivity index (χ2v) is 10.2. The molecule has 168 valence electrons. The molecule has 7 nitrogen and oxygen atoms in total. The lowest BCUT2D eigenvalue weighted by atomic mass is 10.1. The number of hydrogen-bond acceptors (Lipinski definition) is 5. The highest BCUT2D eigenvalue weighted by molar-refractivity contribution is 7.91. The number of fused-ring (bicyclic) bond motifs is 1. The van der Waals surface area contributed by atoms with Crippen LogP contribution in [0, 0.1) is 12.7 Å². The van der Waals surface area contributed by atoms with E-state index in [0.29, 0.717) is 17.6 Å². The molecule has 3 heterocycles. The van der Waals surface area contributed by atoms with E-state index in [9.17, 15) is 22.4 Å². The largest absolute Gasteiger partial charge is 0.337 e. The smallest absolute Gasteiger partial charge is 0.259 e. The Balaban J connectivity index is 1.70. The molecule has 1 saturated heterocycles. The van der Waals surface area contributed by atoms with Crippen molar-refractivity contribution < 1.29 is 17.6 Å². The number of aryl methyl sites for hydroxylation is 2. The summed E-state index contributed by atoms with van der Waals surface area (Å²) in [5.41, 5.74) is 0.927.